The first kappa shape index (κ1) is 13.9. The molecule has 1 rings (SSSR count). The van der Waals surface area contributed by atoms with E-state index in [1.54, 1.807) is 18.2 Å². The Morgan fingerprint density at radius 2 is 2.12 bits per heavy atom. The number of ketones is 1. The molecule has 1 atom stereocenters. The molecule has 1 aromatic rings. The molecule has 0 spiro atoms. The van der Waals surface area contributed by atoms with Crippen molar-refractivity contribution in [2.45, 2.75) is 11.8 Å². The molecule has 0 saturated heterocycles. The van der Waals surface area contributed by atoms with E-state index in [1.807, 2.05) is 0 Å². The topological polar surface area (TPSA) is 54.4 Å². The minimum absolute atomic E-state index is 0.0720. The van der Waals surface area contributed by atoms with Crippen molar-refractivity contribution in [1.29, 1.82) is 0 Å². The lowest BCUT2D eigenvalue weighted by Crippen LogP contribution is -2.03. The minimum atomic E-state index is -1.04. The number of carboxylic acids is 1. The van der Waals surface area contributed by atoms with Crippen LogP contribution in [0.4, 0.5) is 0 Å². The first-order valence-corrected chi connectivity index (χ1v) is 6.06. The molecule has 17 heavy (non-hydrogen) atoms. The van der Waals surface area contributed by atoms with Crippen LogP contribution in [0.2, 0.25) is 5.02 Å². The van der Waals surface area contributed by atoms with Gasteiger partial charge in [0.1, 0.15) is 5.78 Å². The molecule has 1 N–H and O–H groups in total. The molecule has 0 saturated carbocycles. The second-order valence-electron chi connectivity index (χ2n) is 3.42. The maximum Gasteiger partial charge on any atom is 0.328 e. The van der Waals surface area contributed by atoms with Crippen molar-refractivity contribution in [1.82, 2.24) is 0 Å². The Balaban J connectivity index is 3.21. The number of carbonyl (C=O) groups excluding carboxylic acids is 1. The highest BCUT2D eigenvalue weighted by Gasteiger charge is 2.16. The molecule has 5 heteroatoms. The molecular weight excluding hydrogens is 307 g/mol. The third-order valence-corrected chi connectivity index (χ3v) is 3.46. The van der Waals surface area contributed by atoms with E-state index in [2.05, 4.69) is 15.9 Å². The summed E-state index contributed by atoms with van der Waals surface area (Å²) in [6.07, 6.45) is 2.46. The smallest absolute Gasteiger partial charge is 0.328 e. The predicted molar refractivity (Wildman–Crippen MR) is 70.5 cm³/mol. The first-order valence-electron chi connectivity index (χ1n) is 4.77. The maximum atomic E-state index is 11.3. The van der Waals surface area contributed by atoms with Crippen LogP contribution in [0.25, 0.3) is 6.08 Å². The Bertz CT molecular complexity index is 483. The van der Waals surface area contributed by atoms with Crippen LogP contribution in [0.15, 0.2) is 24.3 Å². The van der Waals surface area contributed by atoms with Gasteiger partial charge in [0.2, 0.25) is 0 Å². The molecule has 0 amide bonds. The predicted octanol–water partition coefficient (Wildman–Crippen LogP) is 3.46. The van der Waals surface area contributed by atoms with Gasteiger partial charge in [-0.2, -0.15) is 0 Å². The zero-order chi connectivity index (χ0) is 13.0. The third-order valence-electron chi connectivity index (χ3n) is 2.08. The number of hydrogen-bond acceptors (Lipinski definition) is 2. The molecule has 0 aliphatic carbocycles. The number of Topliss-reactive ketones (excluding diaryl/α,β-unsaturated/α-hetero) is 1. The quantitative estimate of drug-likeness (QED) is 0.683. The lowest BCUT2D eigenvalue weighted by molar-refractivity contribution is -0.131. The zero-order valence-electron chi connectivity index (χ0n) is 8.98. The van der Waals surface area contributed by atoms with Gasteiger partial charge < -0.3 is 5.11 Å². The van der Waals surface area contributed by atoms with Gasteiger partial charge in [-0.15, -0.1) is 0 Å². The Labute approximate surface area is 112 Å². The Hall–Kier alpha value is -1.13. The van der Waals surface area contributed by atoms with Gasteiger partial charge in [-0.3, -0.25) is 4.79 Å². The normalized spacial score (nSPS) is 12.6. The summed E-state index contributed by atoms with van der Waals surface area (Å²) in [5.41, 5.74) is 1.30. The monoisotopic (exact) mass is 316 g/mol. The van der Waals surface area contributed by atoms with Crippen molar-refractivity contribution in [2.75, 3.05) is 0 Å². The van der Waals surface area contributed by atoms with E-state index in [9.17, 15) is 9.59 Å². The highest BCUT2D eigenvalue weighted by atomic mass is 79.9. The third kappa shape index (κ3) is 3.98. The fraction of sp³-hybridized carbons (Fsp3) is 0.167. The Morgan fingerprint density at radius 3 is 2.65 bits per heavy atom. The number of benzene rings is 1. The number of alkyl halides is 1. The van der Waals surface area contributed by atoms with E-state index in [4.69, 9.17) is 16.7 Å². The van der Waals surface area contributed by atoms with Gasteiger partial charge in [0.05, 0.1) is 4.83 Å². The average molecular weight is 318 g/mol. The number of halogens is 2. The van der Waals surface area contributed by atoms with Crippen LogP contribution in [0, 0.1) is 0 Å². The van der Waals surface area contributed by atoms with Gasteiger partial charge in [0.15, 0.2) is 0 Å². The highest BCUT2D eigenvalue weighted by molar-refractivity contribution is 9.09. The maximum absolute atomic E-state index is 11.3. The largest absolute Gasteiger partial charge is 0.478 e. The number of carboxylic acid groups (broad SMARTS) is 1. The van der Waals surface area contributed by atoms with E-state index in [1.165, 1.54) is 13.0 Å². The highest BCUT2D eigenvalue weighted by Crippen LogP contribution is 2.30. The summed E-state index contributed by atoms with van der Waals surface area (Å²) in [7, 11) is 0. The number of aliphatic carboxylic acids is 1. The van der Waals surface area contributed by atoms with Crippen molar-refractivity contribution in [3.8, 4) is 0 Å². The summed E-state index contributed by atoms with van der Waals surface area (Å²) < 4.78 is 0. The fourth-order valence-corrected chi connectivity index (χ4v) is 1.87. The summed E-state index contributed by atoms with van der Waals surface area (Å²) in [4.78, 5) is 21.3. The second-order valence-corrected chi connectivity index (χ2v) is 4.77. The molecular formula is C12H10BrClO3. The Kier molecular flexibility index (Phi) is 4.90. The molecule has 0 aliphatic heterocycles. The van der Waals surface area contributed by atoms with Gasteiger partial charge in [-0.1, -0.05) is 33.6 Å². The molecule has 0 bridgehead atoms. The number of rotatable bonds is 4. The zero-order valence-corrected chi connectivity index (χ0v) is 11.3. The molecule has 90 valence electrons. The van der Waals surface area contributed by atoms with Gasteiger partial charge >= 0.3 is 5.97 Å². The van der Waals surface area contributed by atoms with Crippen molar-refractivity contribution in [3.63, 3.8) is 0 Å². The van der Waals surface area contributed by atoms with Crippen LogP contribution < -0.4 is 0 Å². The summed E-state index contributed by atoms with van der Waals surface area (Å²) in [5, 5.41) is 9.07. The first-order chi connectivity index (χ1) is 7.91. The van der Waals surface area contributed by atoms with Crippen molar-refractivity contribution >= 4 is 45.4 Å². The van der Waals surface area contributed by atoms with Crippen LogP contribution in [0.1, 0.15) is 22.9 Å². The molecule has 0 fully saturated rings. The summed E-state index contributed by atoms with van der Waals surface area (Å²) in [6, 6.07) is 4.96. The lowest BCUT2D eigenvalue weighted by Gasteiger charge is -2.10. The second kappa shape index (κ2) is 5.98. The molecule has 0 radical (unpaired) electrons. The van der Waals surface area contributed by atoms with Crippen molar-refractivity contribution < 1.29 is 14.7 Å². The average Bonchev–Trinajstić information content (AvgIpc) is 2.26. The molecule has 1 aromatic carbocycles. The Morgan fingerprint density at radius 1 is 1.47 bits per heavy atom. The minimum Gasteiger partial charge on any atom is -0.478 e. The molecule has 0 heterocycles. The van der Waals surface area contributed by atoms with E-state index in [0.29, 0.717) is 16.1 Å². The van der Waals surface area contributed by atoms with E-state index < -0.39 is 10.8 Å². The fourth-order valence-electron chi connectivity index (χ4n) is 1.30. The lowest BCUT2D eigenvalue weighted by atomic mass is 10.0. The van der Waals surface area contributed by atoms with Crippen LogP contribution in [-0.4, -0.2) is 16.9 Å². The van der Waals surface area contributed by atoms with Gasteiger partial charge in [0, 0.05) is 11.1 Å². The van der Waals surface area contributed by atoms with Crippen molar-refractivity contribution in [3.05, 3.63) is 40.4 Å². The standard InChI is InChI=1S/C12H10BrClO3/c1-7(15)12(13)10-6-9(14)4-2-8(10)3-5-11(16)17/h2-6,12H,1H3,(H,16,17). The van der Waals surface area contributed by atoms with Gasteiger partial charge in [-0.05, 0) is 36.3 Å². The van der Waals surface area contributed by atoms with E-state index in [0.717, 1.165) is 6.08 Å². The van der Waals surface area contributed by atoms with Crippen LogP contribution in [0.3, 0.4) is 0 Å². The summed E-state index contributed by atoms with van der Waals surface area (Å²) >= 11 is 9.11. The van der Waals surface area contributed by atoms with Crippen LogP contribution in [0.5, 0.6) is 0 Å². The van der Waals surface area contributed by atoms with Crippen LogP contribution >= 0.6 is 27.5 Å². The summed E-state index contributed by atoms with van der Waals surface area (Å²) in [6.45, 7) is 1.45. The SMILES string of the molecule is CC(=O)C(Br)c1cc(Cl)ccc1C=CC(=O)O. The van der Waals surface area contributed by atoms with Crippen molar-refractivity contribution in [2.24, 2.45) is 0 Å². The molecule has 3 nitrogen and oxygen atoms in total. The van der Waals surface area contributed by atoms with E-state index in [-0.39, 0.29) is 5.78 Å². The summed E-state index contributed by atoms with van der Waals surface area (Å²) in [5.74, 6) is -1.11. The number of hydrogen-bond donors (Lipinski definition) is 1. The molecule has 0 aliphatic rings. The number of carbonyl (C=O) groups is 2. The van der Waals surface area contributed by atoms with Crippen LogP contribution in [-0.2, 0) is 9.59 Å². The van der Waals surface area contributed by atoms with Gasteiger partial charge in [0.25, 0.3) is 0 Å². The van der Waals surface area contributed by atoms with Gasteiger partial charge in [-0.25, -0.2) is 4.79 Å². The van der Waals surface area contributed by atoms with E-state index >= 15 is 0 Å². The molecule has 1 unspecified atom stereocenters. The molecule has 0 aromatic heterocycles.